The summed E-state index contributed by atoms with van der Waals surface area (Å²) in [5, 5.41) is 7.44. The molecule has 7 heteroatoms. The van der Waals surface area contributed by atoms with Crippen molar-refractivity contribution in [3.63, 3.8) is 0 Å². The average Bonchev–Trinajstić information content (AvgIpc) is 3.02. The zero-order valence-electron chi connectivity index (χ0n) is 15.0. The summed E-state index contributed by atoms with van der Waals surface area (Å²) in [6.07, 6.45) is 0.739. The molecule has 1 aliphatic heterocycles. The molecule has 0 saturated carbocycles. The maximum Gasteiger partial charge on any atom is 0.354 e. The summed E-state index contributed by atoms with van der Waals surface area (Å²) < 4.78 is 5.22. The minimum Gasteiger partial charge on any atom is -0.461 e. The Bertz CT molecular complexity index is 830. The SMILES string of the molecule is CCOC(=O)C1=NN(c2ccc(Cl)cc2Cl)C(c2cc[c-]cc2)C1CC.[W]. The number of anilines is 1. The Morgan fingerprint density at radius 2 is 1.93 bits per heavy atom. The smallest absolute Gasteiger partial charge is 0.354 e. The molecule has 0 bridgehead atoms. The molecule has 0 fully saturated rings. The predicted octanol–water partition coefficient (Wildman–Crippen LogP) is 5.30. The average molecular weight is 574 g/mol. The van der Waals surface area contributed by atoms with E-state index in [0.717, 1.165) is 12.0 Å². The Kier molecular flexibility index (Phi) is 7.90. The van der Waals surface area contributed by atoms with Gasteiger partial charge in [0.1, 0.15) is 0 Å². The summed E-state index contributed by atoms with van der Waals surface area (Å²) in [6.45, 7) is 4.13. The largest absolute Gasteiger partial charge is 0.461 e. The summed E-state index contributed by atoms with van der Waals surface area (Å²) in [5.74, 6) is -0.498. The monoisotopic (exact) mass is 573 g/mol. The topological polar surface area (TPSA) is 41.9 Å². The summed E-state index contributed by atoms with van der Waals surface area (Å²) >= 11 is 12.5. The summed E-state index contributed by atoms with van der Waals surface area (Å²) in [4.78, 5) is 12.5. The van der Waals surface area contributed by atoms with Crippen LogP contribution in [0.4, 0.5) is 5.69 Å². The van der Waals surface area contributed by atoms with E-state index in [1.807, 2.05) is 37.3 Å². The van der Waals surface area contributed by atoms with Gasteiger partial charge in [-0.1, -0.05) is 30.1 Å². The van der Waals surface area contributed by atoms with Crippen molar-refractivity contribution < 1.29 is 30.6 Å². The molecule has 2 unspecified atom stereocenters. The van der Waals surface area contributed by atoms with Crippen molar-refractivity contribution in [2.24, 2.45) is 11.0 Å². The van der Waals surface area contributed by atoms with E-state index >= 15 is 0 Å². The molecule has 3 rings (SSSR count). The number of hydrogen-bond acceptors (Lipinski definition) is 4. The number of carbonyl (C=O) groups is 1. The predicted molar refractivity (Wildman–Crippen MR) is 105 cm³/mol. The number of halogens is 2. The molecule has 0 radical (unpaired) electrons. The van der Waals surface area contributed by atoms with Gasteiger partial charge < -0.3 is 4.74 Å². The van der Waals surface area contributed by atoms with Crippen LogP contribution in [0, 0.1) is 12.0 Å². The van der Waals surface area contributed by atoms with Crippen LogP contribution in [0.25, 0.3) is 0 Å². The Balaban J connectivity index is 0.00000261. The molecule has 4 nitrogen and oxygen atoms in total. The van der Waals surface area contributed by atoms with Gasteiger partial charge in [0.15, 0.2) is 5.71 Å². The first kappa shape index (κ1) is 21.9. The molecule has 2 atom stereocenters. The van der Waals surface area contributed by atoms with Crippen LogP contribution in [-0.4, -0.2) is 18.3 Å². The molecule has 1 aliphatic rings. The van der Waals surface area contributed by atoms with E-state index in [0.29, 0.717) is 28.1 Å². The normalized spacial score (nSPS) is 18.7. The fraction of sp³-hybridized carbons (Fsp3) is 0.300. The number of hydrazone groups is 1. The summed E-state index contributed by atoms with van der Waals surface area (Å²) in [7, 11) is 0. The van der Waals surface area contributed by atoms with Crippen molar-refractivity contribution in [3.05, 3.63) is 64.1 Å². The summed E-state index contributed by atoms with van der Waals surface area (Å²) in [5.41, 5.74) is 2.15. The number of ether oxygens (including phenoxy) is 1. The summed E-state index contributed by atoms with van der Waals surface area (Å²) in [6, 6.07) is 15.8. The van der Waals surface area contributed by atoms with Gasteiger partial charge in [-0.25, -0.2) is 4.79 Å². The van der Waals surface area contributed by atoms with Gasteiger partial charge in [0, 0.05) is 32.0 Å². The standard InChI is InChI=1S/C20H19Cl2N2O2.W/c1-3-15-18(20(25)26-4-2)23-24(17-11-10-14(21)12-16(17)22)19(15)13-8-6-5-7-9-13;/h6-12,15,19H,3-4H2,1-2H3;/q-1;. The van der Waals surface area contributed by atoms with Gasteiger partial charge in [0.05, 0.1) is 23.4 Å². The first-order valence-corrected chi connectivity index (χ1v) is 9.28. The molecule has 0 spiro atoms. The van der Waals surface area contributed by atoms with Crippen LogP contribution in [0.15, 0.2) is 47.6 Å². The van der Waals surface area contributed by atoms with Crippen molar-refractivity contribution in [1.82, 2.24) is 0 Å². The van der Waals surface area contributed by atoms with Gasteiger partial charge in [-0.15, -0.1) is 5.56 Å². The van der Waals surface area contributed by atoms with Gasteiger partial charge in [0.25, 0.3) is 0 Å². The molecule has 1 heterocycles. The minimum atomic E-state index is -0.389. The van der Waals surface area contributed by atoms with Crippen LogP contribution in [0.1, 0.15) is 31.9 Å². The molecule has 0 N–H and O–H groups in total. The zero-order valence-corrected chi connectivity index (χ0v) is 19.4. The molecule has 0 aliphatic carbocycles. The first-order chi connectivity index (χ1) is 12.6. The Labute approximate surface area is 183 Å². The molecule has 0 aromatic heterocycles. The second-order valence-electron chi connectivity index (χ2n) is 5.94. The number of esters is 1. The minimum absolute atomic E-state index is 0. The third-order valence-electron chi connectivity index (χ3n) is 4.38. The van der Waals surface area contributed by atoms with Crippen molar-refractivity contribution in [3.8, 4) is 0 Å². The van der Waals surface area contributed by atoms with Crippen LogP contribution in [0.2, 0.25) is 10.0 Å². The van der Waals surface area contributed by atoms with E-state index in [2.05, 4.69) is 11.2 Å². The molecule has 0 amide bonds. The van der Waals surface area contributed by atoms with Gasteiger partial charge in [-0.05, 0) is 31.5 Å². The van der Waals surface area contributed by atoms with Crippen LogP contribution in [-0.2, 0) is 30.6 Å². The number of carbonyl (C=O) groups excluding carboxylic acids is 1. The maximum absolute atomic E-state index is 12.5. The van der Waals surface area contributed by atoms with E-state index in [1.165, 1.54) is 0 Å². The van der Waals surface area contributed by atoms with Gasteiger partial charge in [-0.2, -0.15) is 35.4 Å². The molecule has 0 saturated heterocycles. The van der Waals surface area contributed by atoms with Crippen LogP contribution in [0.3, 0.4) is 0 Å². The molecular formula is C20H19Cl2N2O2W-. The fourth-order valence-corrected chi connectivity index (χ4v) is 3.72. The van der Waals surface area contributed by atoms with Crippen LogP contribution < -0.4 is 5.01 Å². The second kappa shape index (κ2) is 9.73. The Hall–Kier alpha value is -1.35. The Morgan fingerprint density at radius 1 is 1.22 bits per heavy atom. The molecule has 2 aromatic carbocycles. The molecule has 2 aromatic rings. The van der Waals surface area contributed by atoms with Crippen molar-refractivity contribution in [1.29, 1.82) is 0 Å². The van der Waals surface area contributed by atoms with E-state index in [1.54, 1.807) is 24.1 Å². The third-order valence-corrected chi connectivity index (χ3v) is 4.92. The third kappa shape index (κ3) is 4.56. The van der Waals surface area contributed by atoms with Crippen molar-refractivity contribution in [2.75, 3.05) is 11.6 Å². The number of rotatable bonds is 5. The van der Waals surface area contributed by atoms with Crippen LogP contribution in [0.5, 0.6) is 0 Å². The van der Waals surface area contributed by atoms with E-state index < -0.39 is 0 Å². The van der Waals surface area contributed by atoms with Gasteiger partial charge in [0.2, 0.25) is 0 Å². The van der Waals surface area contributed by atoms with Gasteiger partial charge in [-0.3, -0.25) is 5.01 Å². The first-order valence-electron chi connectivity index (χ1n) is 8.52. The van der Waals surface area contributed by atoms with Crippen LogP contribution >= 0.6 is 23.2 Å². The number of benzene rings is 2. The van der Waals surface area contributed by atoms with E-state index in [-0.39, 0.29) is 39.0 Å². The van der Waals surface area contributed by atoms with Crippen molar-refractivity contribution >= 4 is 40.6 Å². The fourth-order valence-electron chi connectivity index (χ4n) is 3.23. The maximum atomic E-state index is 12.5. The van der Waals surface area contributed by atoms with Gasteiger partial charge >= 0.3 is 5.97 Å². The van der Waals surface area contributed by atoms with Crippen molar-refractivity contribution in [2.45, 2.75) is 26.3 Å². The molecule has 27 heavy (non-hydrogen) atoms. The number of hydrogen-bond donors (Lipinski definition) is 0. The zero-order chi connectivity index (χ0) is 18.7. The quantitative estimate of drug-likeness (QED) is 0.360. The van der Waals surface area contributed by atoms with E-state index in [4.69, 9.17) is 27.9 Å². The Morgan fingerprint density at radius 3 is 2.52 bits per heavy atom. The second-order valence-corrected chi connectivity index (χ2v) is 6.78. The van der Waals surface area contributed by atoms with E-state index in [9.17, 15) is 4.79 Å². The molecule has 142 valence electrons. The molecular weight excluding hydrogens is 555 g/mol. The number of nitrogens with zero attached hydrogens (tertiary/aromatic N) is 2.